The molecule has 8 heteroatoms. The monoisotopic (exact) mass is 348 g/mol. The summed E-state index contributed by atoms with van der Waals surface area (Å²) in [6.07, 6.45) is 3.84. The average Bonchev–Trinajstić information content (AvgIpc) is 2.85. The summed E-state index contributed by atoms with van der Waals surface area (Å²) >= 11 is 0. The number of benzene rings is 1. The maximum Gasteiger partial charge on any atom is 0.293 e. The number of anilines is 1. The molecule has 0 aliphatic carbocycles. The average molecular weight is 348 g/mol. The molecule has 0 spiro atoms. The molecule has 2 aromatic rings. The molecule has 128 valence electrons. The van der Waals surface area contributed by atoms with Gasteiger partial charge >= 0.3 is 0 Å². The summed E-state index contributed by atoms with van der Waals surface area (Å²) in [6.45, 7) is 1.81. The summed E-state index contributed by atoms with van der Waals surface area (Å²) in [5.41, 5.74) is -0.170. The van der Waals surface area contributed by atoms with Crippen molar-refractivity contribution in [1.82, 2.24) is 13.9 Å². The Morgan fingerprint density at radius 1 is 1.04 bits per heavy atom. The Hall–Kier alpha value is -2.19. The van der Waals surface area contributed by atoms with E-state index in [0.29, 0.717) is 43.3 Å². The predicted molar refractivity (Wildman–Crippen MR) is 91.5 cm³/mol. The lowest BCUT2D eigenvalue weighted by molar-refractivity contribution is 0.433. The molecular formula is C16H20N4O3S. The quantitative estimate of drug-likeness (QED) is 0.815. The molecule has 24 heavy (non-hydrogen) atoms. The number of nitrogens with zero attached hydrogens (tertiary/aromatic N) is 4. The number of rotatable bonds is 3. The number of aryl methyl sites for hydroxylation is 1. The number of hydrogen-bond acceptors (Lipinski definition) is 5. The molecule has 1 aliphatic rings. The van der Waals surface area contributed by atoms with E-state index < -0.39 is 10.0 Å². The molecule has 1 fully saturated rings. The van der Waals surface area contributed by atoms with Crippen molar-refractivity contribution in [2.75, 3.05) is 31.1 Å². The van der Waals surface area contributed by atoms with E-state index in [2.05, 4.69) is 4.98 Å². The van der Waals surface area contributed by atoms with E-state index in [4.69, 9.17) is 0 Å². The van der Waals surface area contributed by atoms with Crippen LogP contribution in [0.2, 0.25) is 0 Å². The largest absolute Gasteiger partial charge is 0.351 e. The predicted octanol–water partition coefficient (Wildman–Crippen LogP) is 0.681. The van der Waals surface area contributed by atoms with Gasteiger partial charge in [-0.2, -0.15) is 4.31 Å². The van der Waals surface area contributed by atoms with Crippen LogP contribution in [0.3, 0.4) is 0 Å². The van der Waals surface area contributed by atoms with E-state index in [1.807, 2.05) is 4.90 Å². The summed E-state index contributed by atoms with van der Waals surface area (Å²) in [5, 5.41) is 0. The Labute approximate surface area is 141 Å². The topological polar surface area (TPSA) is 75.5 Å². The maximum atomic E-state index is 12.7. The lowest BCUT2D eigenvalue weighted by atomic mass is 10.4. The molecule has 7 nitrogen and oxygen atoms in total. The van der Waals surface area contributed by atoms with E-state index in [0.717, 1.165) is 0 Å². The van der Waals surface area contributed by atoms with Gasteiger partial charge in [-0.15, -0.1) is 0 Å². The second-order valence-corrected chi connectivity index (χ2v) is 7.66. The molecule has 1 aromatic carbocycles. The Kier molecular flexibility index (Phi) is 4.68. The molecule has 0 N–H and O–H groups in total. The first kappa shape index (κ1) is 16.7. The molecule has 0 bridgehead atoms. The fraction of sp³-hybridized carbons (Fsp3) is 0.375. The van der Waals surface area contributed by atoms with Crippen molar-refractivity contribution in [1.29, 1.82) is 0 Å². The Morgan fingerprint density at radius 3 is 2.54 bits per heavy atom. The van der Waals surface area contributed by atoms with Crippen LogP contribution in [-0.2, 0) is 17.1 Å². The minimum absolute atomic E-state index is 0.170. The van der Waals surface area contributed by atoms with Gasteiger partial charge in [-0.3, -0.25) is 4.79 Å². The van der Waals surface area contributed by atoms with Gasteiger partial charge in [-0.25, -0.2) is 13.4 Å². The maximum absolute atomic E-state index is 12.7. The van der Waals surface area contributed by atoms with Crippen LogP contribution in [0.15, 0.2) is 52.4 Å². The minimum Gasteiger partial charge on any atom is -0.351 e. The van der Waals surface area contributed by atoms with Gasteiger partial charge in [0.1, 0.15) is 0 Å². The second-order valence-electron chi connectivity index (χ2n) is 5.72. The highest BCUT2D eigenvalue weighted by atomic mass is 32.2. The van der Waals surface area contributed by atoms with Gasteiger partial charge in [0.2, 0.25) is 10.0 Å². The number of hydrogen-bond donors (Lipinski definition) is 0. The van der Waals surface area contributed by atoms with Gasteiger partial charge in [-0.05, 0) is 18.6 Å². The highest BCUT2D eigenvalue weighted by Crippen LogP contribution is 2.18. The van der Waals surface area contributed by atoms with E-state index in [-0.39, 0.29) is 5.56 Å². The number of sulfonamides is 1. The fourth-order valence-corrected chi connectivity index (χ4v) is 4.28. The molecular weight excluding hydrogens is 328 g/mol. The van der Waals surface area contributed by atoms with E-state index in [1.54, 1.807) is 49.8 Å². The molecule has 3 rings (SSSR count). The molecule has 1 aromatic heterocycles. The van der Waals surface area contributed by atoms with Gasteiger partial charge in [-0.1, -0.05) is 18.2 Å². The molecule has 1 saturated heterocycles. The zero-order chi connectivity index (χ0) is 17.2. The van der Waals surface area contributed by atoms with Crippen LogP contribution in [0.5, 0.6) is 0 Å². The van der Waals surface area contributed by atoms with Crippen LogP contribution >= 0.6 is 0 Å². The van der Waals surface area contributed by atoms with Crippen molar-refractivity contribution >= 4 is 15.8 Å². The van der Waals surface area contributed by atoms with Crippen molar-refractivity contribution in [3.05, 3.63) is 53.1 Å². The molecule has 0 atom stereocenters. The first-order chi connectivity index (χ1) is 11.5. The first-order valence-corrected chi connectivity index (χ1v) is 9.26. The highest BCUT2D eigenvalue weighted by molar-refractivity contribution is 7.89. The van der Waals surface area contributed by atoms with Gasteiger partial charge < -0.3 is 9.47 Å². The molecule has 0 saturated carbocycles. The number of aromatic nitrogens is 2. The van der Waals surface area contributed by atoms with Gasteiger partial charge in [0.25, 0.3) is 5.56 Å². The van der Waals surface area contributed by atoms with Crippen molar-refractivity contribution in [2.24, 2.45) is 7.05 Å². The third-order valence-electron chi connectivity index (χ3n) is 4.13. The van der Waals surface area contributed by atoms with Gasteiger partial charge in [0.15, 0.2) is 5.82 Å². The third-order valence-corrected chi connectivity index (χ3v) is 6.05. The van der Waals surface area contributed by atoms with Crippen LogP contribution in [0.1, 0.15) is 6.42 Å². The van der Waals surface area contributed by atoms with Crippen LogP contribution in [0, 0.1) is 0 Å². The van der Waals surface area contributed by atoms with Crippen molar-refractivity contribution < 1.29 is 8.42 Å². The van der Waals surface area contributed by atoms with Crippen LogP contribution < -0.4 is 10.5 Å². The summed E-state index contributed by atoms with van der Waals surface area (Å²) in [7, 11) is -1.83. The third kappa shape index (κ3) is 3.20. The van der Waals surface area contributed by atoms with E-state index >= 15 is 0 Å². The van der Waals surface area contributed by atoms with E-state index in [1.165, 1.54) is 8.87 Å². The summed E-state index contributed by atoms with van der Waals surface area (Å²) < 4.78 is 28.4. The first-order valence-electron chi connectivity index (χ1n) is 7.82. The lowest BCUT2D eigenvalue weighted by Gasteiger charge is -2.22. The molecule has 0 amide bonds. The van der Waals surface area contributed by atoms with Crippen molar-refractivity contribution in [2.45, 2.75) is 11.3 Å². The summed E-state index contributed by atoms with van der Waals surface area (Å²) in [4.78, 5) is 18.5. The second kappa shape index (κ2) is 6.74. The molecule has 0 radical (unpaired) electrons. The lowest BCUT2D eigenvalue weighted by Crippen LogP contribution is -2.37. The fourth-order valence-electron chi connectivity index (χ4n) is 2.79. The zero-order valence-electron chi connectivity index (χ0n) is 13.5. The summed E-state index contributed by atoms with van der Waals surface area (Å²) in [6, 6.07) is 8.43. The van der Waals surface area contributed by atoms with Gasteiger partial charge in [0.05, 0.1) is 4.90 Å². The summed E-state index contributed by atoms with van der Waals surface area (Å²) in [5.74, 6) is 0.374. The van der Waals surface area contributed by atoms with Crippen LogP contribution in [0.25, 0.3) is 0 Å². The van der Waals surface area contributed by atoms with Crippen molar-refractivity contribution in [3.8, 4) is 0 Å². The molecule has 1 aliphatic heterocycles. The Bertz CT molecular complexity index is 864. The van der Waals surface area contributed by atoms with Gasteiger partial charge in [0, 0.05) is 45.6 Å². The Balaban J connectivity index is 1.81. The molecule has 0 unspecified atom stereocenters. The van der Waals surface area contributed by atoms with Crippen LogP contribution in [-0.4, -0.2) is 48.5 Å². The van der Waals surface area contributed by atoms with E-state index in [9.17, 15) is 13.2 Å². The molecule has 2 heterocycles. The normalized spacial score (nSPS) is 16.8. The highest BCUT2D eigenvalue weighted by Gasteiger charge is 2.27. The van der Waals surface area contributed by atoms with Crippen molar-refractivity contribution in [3.63, 3.8) is 0 Å². The standard InChI is InChI=1S/C16H20N4O3S/c1-18-11-8-17-15(16(18)21)19-9-5-10-20(13-12-19)24(22,23)14-6-3-2-4-7-14/h2-4,6-8,11H,5,9-10,12-13H2,1H3. The Morgan fingerprint density at radius 2 is 1.79 bits per heavy atom. The zero-order valence-corrected chi connectivity index (χ0v) is 14.3. The minimum atomic E-state index is -3.51. The smallest absolute Gasteiger partial charge is 0.293 e. The van der Waals surface area contributed by atoms with Crippen LogP contribution in [0.4, 0.5) is 5.82 Å². The SMILES string of the molecule is Cn1ccnc(N2CCCN(S(=O)(=O)c3ccccc3)CC2)c1=O.